The number of β-amino-alcohol motifs (C(OH)–C–C–N with tert-alkyl or cyclic N) is 1. The number of likely N-dealkylation sites (tertiary alicyclic amines) is 1. The van der Waals surface area contributed by atoms with Crippen LogP contribution in [0.2, 0.25) is 10.3 Å². The Hall–Kier alpha value is -0.350. The number of hydrogen-bond acceptors (Lipinski definition) is 3. The van der Waals surface area contributed by atoms with Crippen LogP contribution in [0.3, 0.4) is 0 Å². The van der Waals surface area contributed by atoms with Crippen LogP contribution >= 0.6 is 23.2 Å². The van der Waals surface area contributed by atoms with Gasteiger partial charge in [0.2, 0.25) is 0 Å². The van der Waals surface area contributed by atoms with Crippen LogP contribution in [0, 0.1) is 0 Å². The Balaban J connectivity index is 2.00. The fraction of sp³-hybridized carbons (Fsp3) is 0.500. The molecule has 0 bridgehead atoms. The first kappa shape index (κ1) is 11.1. The number of nitrogens with zero attached hydrogens (tertiary/aromatic N) is 2. The molecule has 2 heterocycles. The predicted octanol–water partition coefficient (Wildman–Crippen LogP) is 1.96. The summed E-state index contributed by atoms with van der Waals surface area (Å²) in [6.45, 7) is 3.88. The highest BCUT2D eigenvalue weighted by Gasteiger charge is 2.36. The molecule has 1 fully saturated rings. The summed E-state index contributed by atoms with van der Waals surface area (Å²) in [4.78, 5) is 6.07. The van der Waals surface area contributed by atoms with Crippen LogP contribution in [0.4, 0.5) is 0 Å². The van der Waals surface area contributed by atoms with Crippen LogP contribution in [-0.2, 0) is 6.54 Å². The van der Waals surface area contributed by atoms with Gasteiger partial charge in [0, 0.05) is 25.2 Å². The van der Waals surface area contributed by atoms with Gasteiger partial charge in [0.25, 0.3) is 0 Å². The van der Waals surface area contributed by atoms with Gasteiger partial charge < -0.3 is 5.11 Å². The standard InChI is InChI=1S/C10H12Cl2N2O/c1-10(15)5-14(6-10)4-7-2-3-8(11)13-9(7)12/h2-3,15H,4-6H2,1H3. The Labute approximate surface area is 98.6 Å². The highest BCUT2D eigenvalue weighted by Crippen LogP contribution is 2.25. The van der Waals surface area contributed by atoms with Crippen molar-refractivity contribution in [2.24, 2.45) is 0 Å². The van der Waals surface area contributed by atoms with Gasteiger partial charge in [-0.05, 0) is 13.0 Å². The van der Waals surface area contributed by atoms with Crippen LogP contribution in [-0.4, -0.2) is 33.7 Å². The van der Waals surface area contributed by atoms with E-state index in [0.717, 1.165) is 5.56 Å². The Bertz CT molecular complexity index is 374. The summed E-state index contributed by atoms with van der Waals surface area (Å²) < 4.78 is 0. The van der Waals surface area contributed by atoms with Crippen molar-refractivity contribution in [2.45, 2.75) is 19.1 Å². The highest BCUT2D eigenvalue weighted by molar-refractivity contribution is 6.32. The van der Waals surface area contributed by atoms with Crippen LogP contribution in [0.25, 0.3) is 0 Å². The van der Waals surface area contributed by atoms with E-state index >= 15 is 0 Å². The summed E-state index contributed by atoms with van der Waals surface area (Å²) in [6.07, 6.45) is 0. The molecule has 82 valence electrons. The lowest BCUT2D eigenvalue weighted by Crippen LogP contribution is -2.59. The zero-order chi connectivity index (χ0) is 11.1. The fourth-order valence-corrected chi connectivity index (χ4v) is 2.23. The van der Waals surface area contributed by atoms with E-state index in [1.165, 1.54) is 0 Å². The SMILES string of the molecule is CC1(O)CN(Cc2ccc(Cl)nc2Cl)C1. The molecule has 1 aromatic rings. The monoisotopic (exact) mass is 246 g/mol. The molecule has 5 heteroatoms. The number of halogens is 2. The van der Waals surface area contributed by atoms with Gasteiger partial charge in [-0.1, -0.05) is 29.3 Å². The molecule has 0 radical (unpaired) electrons. The van der Waals surface area contributed by atoms with E-state index in [9.17, 15) is 5.11 Å². The van der Waals surface area contributed by atoms with Crippen molar-refractivity contribution in [1.82, 2.24) is 9.88 Å². The van der Waals surface area contributed by atoms with Crippen LogP contribution in [0.15, 0.2) is 12.1 Å². The molecule has 1 saturated heterocycles. The Morgan fingerprint density at radius 1 is 1.47 bits per heavy atom. The van der Waals surface area contributed by atoms with Crippen molar-refractivity contribution in [3.8, 4) is 0 Å². The van der Waals surface area contributed by atoms with Crippen LogP contribution < -0.4 is 0 Å². The largest absolute Gasteiger partial charge is 0.388 e. The lowest BCUT2D eigenvalue weighted by molar-refractivity contribution is -0.0871. The molecule has 1 aliphatic rings. The Morgan fingerprint density at radius 2 is 2.13 bits per heavy atom. The number of rotatable bonds is 2. The van der Waals surface area contributed by atoms with Gasteiger partial charge >= 0.3 is 0 Å². The van der Waals surface area contributed by atoms with E-state index in [0.29, 0.717) is 29.9 Å². The maximum absolute atomic E-state index is 9.56. The molecule has 1 N–H and O–H groups in total. The van der Waals surface area contributed by atoms with Crippen molar-refractivity contribution in [1.29, 1.82) is 0 Å². The topological polar surface area (TPSA) is 36.4 Å². The molecule has 1 aliphatic heterocycles. The molecule has 15 heavy (non-hydrogen) atoms. The summed E-state index contributed by atoms with van der Waals surface area (Å²) in [5.74, 6) is 0. The molecule has 1 aromatic heterocycles. The van der Waals surface area contributed by atoms with Gasteiger partial charge in [-0.15, -0.1) is 0 Å². The third kappa shape index (κ3) is 2.61. The molecule has 0 saturated carbocycles. The molecular weight excluding hydrogens is 235 g/mol. The molecule has 0 atom stereocenters. The minimum absolute atomic E-state index is 0.402. The highest BCUT2D eigenvalue weighted by atomic mass is 35.5. The number of aromatic nitrogens is 1. The maximum atomic E-state index is 9.56. The van der Waals surface area contributed by atoms with E-state index < -0.39 is 5.60 Å². The molecule has 0 aromatic carbocycles. The minimum Gasteiger partial charge on any atom is -0.388 e. The maximum Gasteiger partial charge on any atom is 0.135 e. The average Bonchev–Trinajstić information content (AvgIpc) is 2.06. The van der Waals surface area contributed by atoms with Gasteiger partial charge in [-0.2, -0.15) is 0 Å². The third-order valence-corrected chi connectivity index (χ3v) is 2.95. The second kappa shape index (κ2) is 3.91. The minimum atomic E-state index is -0.549. The first-order chi connectivity index (χ1) is 6.96. The molecule has 0 unspecified atom stereocenters. The van der Waals surface area contributed by atoms with E-state index in [1.54, 1.807) is 6.07 Å². The van der Waals surface area contributed by atoms with Gasteiger partial charge in [0.1, 0.15) is 10.3 Å². The van der Waals surface area contributed by atoms with Gasteiger partial charge in [-0.3, -0.25) is 4.90 Å². The number of aliphatic hydroxyl groups is 1. The van der Waals surface area contributed by atoms with Crippen LogP contribution in [0.1, 0.15) is 12.5 Å². The summed E-state index contributed by atoms with van der Waals surface area (Å²) in [6, 6.07) is 3.59. The molecule has 0 aliphatic carbocycles. The summed E-state index contributed by atoms with van der Waals surface area (Å²) in [5.41, 5.74) is 0.392. The smallest absolute Gasteiger partial charge is 0.135 e. The quantitative estimate of drug-likeness (QED) is 0.811. The van der Waals surface area contributed by atoms with Crippen LogP contribution in [0.5, 0.6) is 0 Å². The molecular formula is C10H12Cl2N2O. The van der Waals surface area contributed by atoms with Crippen molar-refractivity contribution < 1.29 is 5.11 Å². The summed E-state index contributed by atoms with van der Waals surface area (Å²) in [7, 11) is 0. The second-order valence-electron chi connectivity index (χ2n) is 4.23. The number of pyridine rings is 1. The average molecular weight is 247 g/mol. The molecule has 2 rings (SSSR count). The number of hydrogen-bond donors (Lipinski definition) is 1. The van der Waals surface area contributed by atoms with Gasteiger partial charge in [-0.25, -0.2) is 4.98 Å². The van der Waals surface area contributed by atoms with E-state index in [1.807, 2.05) is 13.0 Å². The third-order valence-electron chi connectivity index (χ3n) is 2.41. The lowest BCUT2D eigenvalue weighted by atomic mass is 9.96. The van der Waals surface area contributed by atoms with E-state index in [-0.39, 0.29) is 0 Å². The molecule has 3 nitrogen and oxygen atoms in total. The zero-order valence-corrected chi connectivity index (χ0v) is 9.89. The first-order valence-corrected chi connectivity index (χ1v) is 5.47. The molecule has 0 amide bonds. The fourth-order valence-electron chi connectivity index (χ4n) is 1.83. The van der Waals surface area contributed by atoms with Crippen molar-refractivity contribution >= 4 is 23.2 Å². The normalized spacial score (nSPS) is 20.0. The van der Waals surface area contributed by atoms with Gasteiger partial charge in [0.15, 0.2) is 0 Å². The van der Waals surface area contributed by atoms with Crippen molar-refractivity contribution in [3.63, 3.8) is 0 Å². The van der Waals surface area contributed by atoms with E-state index in [4.69, 9.17) is 23.2 Å². The van der Waals surface area contributed by atoms with Gasteiger partial charge in [0.05, 0.1) is 5.60 Å². The van der Waals surface area contributed by atoms with Crippen molar-refractivity contribution in [3.05, 3.63) is 28.0 Å². The predicted molar refractivity (Wildman–Crippen MR) is 60.2 cm³/mol. The first-order valence-electron chi connectivity index (χ1n) is 4.72. The van der Waals surface area contributed by atoms with E-state index in [2.05, 4.69) is 9.88 Å². The summed E-state index contributed by atoms with van der Waals surface area (Å²) in [5, 5.41) is 10.4. The Morgan fingerprint density at radius 3 is 2.67 bits per heavy atom. The zero-order valence-electron chi connectivity index (χ0n) is 8.37. The molecule has 0 spiro atoms. The Kier molecular flexibility index (Phi) is 2.90. The lowest BCUT2D eigenvalue weighted by Gasteiger charge is -2.44. The summed E-state index contributed by atoms with van der Waals surface area (Å²) >= 11 is 11.6. The van der Waals surface area contributed by atoms with Crippen molar-refractivity contribution in [2.75, 3.05) is 13.1 Å². The second-order valence-corrected chi connectivity index (χ2v) is 4.97.